The molecule has 0 aliphatic carbocycles. The fourth-order valence-corrected chi connectivity index (χ4v) is 3.66. The minimum Gasteiger partial charge on any atom is -0.494 e. The van der Waals surface area contributed by atoms with Crippen LogP contribution in [0.25, 0.3) is 22.4 Å². The number of fused-ring (bicyclic) bond motifs is 1. The molecule has 3 aromatic heterocycles. The van der Waals surface area contributed by atoms with E-state index in [9.17, 15) is 4.79 Å². The number of aromatic amines is 1. The normalized spacial score (nSPS) is 11.2. The van der Waals surface area contributed by atoms with Crippen LogP contribution in [-0.2, 0) is 11.3 Å². The first kappa shape index (κ1) is 21.7. The zero-order chi connectivity index (χ0) is 22.7. The second-order valence-corrected chi connectivity index (χ2v) is 7.97. The van der Waals surface area contributed by atoms with E-state index in [2.05, 4.69) is 25.6 Å². The summed E-state index contributed by atoms with van der Waals surface area (Å²) in [5.41, 5.74) is 2.31. The summed E-state index contributed by atoms with van der Waals surface area (Å²) in [6.07, 6.45) is 3.64. The van der Waals surface area contributed by atoms with Gasteiger partial charge in [0.2, 0.25) is 5.91 Å². The van der Waals surface area contributed by atoms with Crippen molar-refractivity contribution in [2.24, 2.45) is 0 Å². The number of hydrogen-bond acceptors (Lipinski definition) is 6. The molecular formula is C22H25N7O2S. The molecule has 4 aromatic rings. The van der Waals surface area contributed by atoms with Crippen LogP contribution in [0, 0.1) is 4.77 Å². The molecular weight excluding hydrogens is 426 g/mol. The van der Waals surface area contributed by atoms with Gasteiger partial charge < -0.3 is 10.1 Å². The number of hydrogen-bond donors (Lipinski definition) is 2. The van der Waals surface area contributed by atoms with E-state index in [1.165, 1.54) is 0 Å². The highest BCUT2D eigenvalue weighted by atomic mass is 32.1. The van der Waals surface area contributed by atoms with E-state index < -0.39 is 0 Å². The van der Waals surface area contributed by atoms with Crippen LogP contribution in [0.3, 0.4) is 0 Å². The second kappa shape index (κ2) is 9.31. The van der Waals surface area contributed by atoms with E-state index in [4.69, 9.17) is 17.0 Å². The predicted octanol–water partition coefficient (Wildman–Crippen LogP) is 4.36. The summed E-state index contributed by atoms with van der Waals surface area (Å²) < 4.78 is 9.62. The lowest BCUT2D eigenvalue weighted by Crippen LogP contribution is -2.15. The van der Waals surface area contributed by atoms with E-state index in [-0.39, 0.29) is 18.4 Å². The van der Waals surface area contributed by atoms with Gasteiger partial charge in [0.05, 0.1) is 24.7 Å². The molecule has 0 atom stereocenters. The van der Waals surface area contributed by atoms with Gasteiger partial charge in [0.1, 0.15) is 5.75 Å². The summed E-state index contributed by atoms with van der Waals surface area (Å²) in [4.78, 5) is 17.0. The van der Waals surface area contributed by atoms with E-state index in [0.29, 0.717) is 29.4 Å². The predicted molar refractivity (Wildman–Crippen MR) is 125 cm³/mol. The topological polar surface area (TPSA) is 103 Å². The van der Waals surface area contributed by atoms with Crippen molar-refractivity contribution in [1.29, 1.82) is 0 Å². The molecule has 0 saturated carbocycles. The molecule has 3 heterocycles. The smallest absolute Gasteiger partial charge is 0.226 e. The minimum absolute atomic E-state index is 0.136. The van der Waals surface area contributed by atoms with Crippen LogP contribution >= 0.6 is 12.2 Å². The molecule has 2 N–H and O–H groups in total. The number of benzene rings is 1. The molecule has 0 spiro atoms. The quantitative estimate of drug-likeness (QED) is 0.386. The third-order valence-electron chi connectivity index (χ3n) is 4.95. The molecule has 4 rings (SSSR count). The molecule has 0 radical (unpaired) electrons. The molecule has 32 heavy (non-hydrogen) atoms. The van der Waals surface area contributed by atoms with Gasteiger partial charge in [-0.2, -0.15) is 10.2 Å². The number of pyridine rings is 1. The van der Waals surface area contributed by atoms with Gasteiger partial charge in [-0.05, 0) is 63.3 Å². The van der Waals surface area contributed by atoms with Crippen molar-refractivity contribution >= 4 is 34.8 Å². The summed E-state index contributed by atoms with van der Waals surface area (Å²) in [5.74, 6) is 1.33. The number of aromatic nitrogens is 6. The molecule has 1 amide bonds. The van der Waals surface area contributed by atoms with Crippen LogP contribution in [0.1, 0.15) is 33.2 Å². The van der Waals surface area contributed by atoms with Crippen LogP contribution in [0.15, 0.2) is 42.7 Å². The molecule has 166 valence electrons. The molecule has 0 unspecified atom stereocenters. The first-order valence-corrected chi connectivity index (χ1v) is 10.9. The SMILES string of the molecule is CCOc1ccc(-c2n[nH]c(=S)n2CCC(=O)Nc2cnc3c(cnn3C(C)C)c2)cc1. The zero-order valence-corrected chi connectivity index (χ0v) is 19.0. The van der Waals surface area contributed by atoms with Gasteiger partial charge in [-0.1, -0.05) is 0 Å². The first-order chi connectivity index (χ1) is 15.5. The number of carbonyl (C=O) groups excluding carboxylic acids is 1. The molecule has 0 fully saturated rings. The number of amides is 1. The van der Waals surface area contributed by atoms with Gasteiger partial charge >= 0.3 is 0 Å². The Balaban J connectivity index is 1.44. The lowest BCUT2D eigenvalue weighted by molar-refractivity contribution is -0.116. The van der Waals surface area contributed by atoms with Crippen molar-refractivity contribution in [3.05, 3.63) is 47.5 Å². The third kappa shape index (κ3) is 4.54. The summed E-state index contributed by atoms with van der Waals surface area (Å²) in [6.45, 7) is 7.04. The average Bonchev–Trinajstić information content (AvgIpc) is 3.36. The number of nitrogens with zero attached hydrogens (tertiary/aromatic N) is 5. The maximum absolute atomic E-state index is 12.6. The Morgan fingerprint density at radius 3 is 2.75 bits per heavy atom. The fourth-order valence-electron chi connectivity index (χ4n) is 3.44. The third-order valence-corrected chi connectivity index (χ3v) is 5.26. The van der Waals surface area contributed by atoms with Gasteiger partial charge in [0.15, 0.2) is 16.2 Å². The number of anilines is 1. The fraction of sp³-hybridized carbons (Fsp3) is 0.318. The highest BCUT2D eigenvalue weighted by Gasteiger charge is 2.13. The molecule has 1 aromatic carbocycles. The molecule has 0 saturated heterocycles. The molecule has 9 nitrogen and oxygen atoms in total. The number of carbonyl (C=O) groups is 1. The Morgan fingerprint density at radius 1 is 1.25 bits per heavy atom. The standard InChI is InChI=1S/C22H25N7O2S/c1-4-31-18-7-5-15(6-8-18)21-26-27-22(32)28(21)10-9-19(30)25-17-11-16-12-24-29(14(2)3)20(16)23-13-17/h5-8,11-14H,4,9-10H2,1-3H3,(H,25,30)(H,27,32). The van der Waals surface area contributed by atoms with Crippen molar-refractivity contribution in [3.8, 4) is 17.1 Å². The van der Waals surface area contributed by atoms with Crippen molar-refractivity contribution in [3.63, 3.8) is 0 Å². The van der Waals surface area contributed by atoms with Crippen molar-refractivity contribution in [1.82, 2.24) is 29.5 Å². The van der Waals surface area contributed by atoms with Crippen molar-refractivity contribution in [2.45, 2.75) is 39.8 Å². The van der Waals surface area contributed by atoms with Crippen LogP contribution in [0.2, 0.25) is 0 Å². The highest BCUT2D eigenvalue weighted by Crippen LogP contribution is 2.22. The highest BCUT2D eigenvalue weighted by molar-refractivity contribution is 7.71. The van der Waals surface area contributed by atoms with Gasteiger partial charge in [-0.15, -0.1) is 0 Å². The van der Waals surface area contributed by atoms with Crippen molar-refractivity contribution in [2.75, 3.05) is 11.9 Å². The van der Waals surface area contributed by atoms with Crippen LogP contribution in [0.5, 0.6) is 5.75 Å². The summed E-state index contributed by atoms with van der Waals surface area (Å²) >= 11 is 5.37. The van der Waals surface area contributed by atoms with E-state index in [1.54, 1.807) is 12.4 Å². The molecule has 0 bridgehead atoms. The van der Waals surface area contributed by atoms with Crippen LogP contribution in [-0.4, -0.2) is 42.0 Å². The van der Waals surface area contributed by atoms with Gasteiger partial charge in [-0.3, -0.25) is 14.5 Å². The molecule has 0 aliphatic heterocycles. The first-order valence-electron chi connectivity index (χ1n) is 10.5. The Morgan fingerprint density at radius 2 is 2.03 bits per heavy atom. The Labute approximate surface area is 190 Å². The van der Waals surface area contributed by atoms with Crippen molar-refractivity contribution < 1.29 is 9.53 Å². The lowest BCUT2D eigenvalue weighted by Gasteiger charge is -2.09. The maximum Gasteiger partial charge on any atom is 0.226 e. The molecule has 0 aliphatic rings. The lowest BCUT2D eigenvalue weighted by atomic mass is 10.2. The van der Waals surface area contributed by atoms with E-state index in [0.717, 1.165) is 22.3 Å². The van der Waals surface area contributed by atoms with E-state index >= 15 is 0 Å². The minimum atomic E-state index is -0.136. The number of rotatable bonds is 8. The van der Waals surface area contributed by atoms with Gasteiger partial charge in [-0.25, -0.2) is 9.67 Å². The summed E-state index contributed by atoms with van der Waals surface area (Å²) in [7, 11) is 0. The number of nitrogens with one attached hydrogen (secondary N) is 2. The molecule has 10 heteroatoms. The number of H-pyrrole nitrogens is 1. The Hall–Kier alpha value is -3.53. The summed E-state index contributed by atoms with van der Waals surface area (Å²) in [5, 5.41) is 15.3. The maximum atomic E-state index is 12.6. The van der Waals surface area contributed by atoms with Crippen LogP contribution in [0.4, 0.5) is 5.69 Å². The van der Waals surface area contributed by atoms with Gasteiger partial charge in [0.25, 0.3) is 0 Å². The largest absolute Gasteiger partial charge is 0.494 e. The average molecular weight is 452 g/mol. The second-order valence-electron chi connectivity index (χ2n) is 7.58. The van der Waals surface area contributed by atoms with Crippen LogP contribution < -0.4 is 10.1 Å². The zero-order valence-electron chi connectivity index (χ0n) is 18.2. The van der Waals surface area contributed by atoms with E-state index in [1.807, 2.05) is 60.4 Å². The van der Waals surface area contributed by atoms with Gasteiger partial charge in [0, 0.05) is 30.0 Å². The Bertz CT molecular complexity index is 1290. The monoisotopic (exact) mass is 451 g/mol. The number of ether oxygens (including phenoxy) is 1. The summed E-state index contributed by atoms with van der Waals surface area (Å²) in [6, 6.07) is 9.71. The Kier molecular flexibility index (Phi) is 6.31.